The van der Waals surface area contributed by atoms with Crippen molar-refractivity contribution in [1.29, 1.82) is 0 Å². The van der Waals surface area contributed by atoms with Crippen molar-refractivity contribution in [2.45, 2.75) is 6.54 Å². The van der Waals surface area contributed by atoms with Gasteiger partial charge in [0, 0.05) is 18.7 Å². The van der Waals surface area contributed by atoms with Crippen molar-refractivity contribution in [3.05, 3.63) is 69.5 Å². The zero-order chi connectivity index (χ0) is 18.6. The lowest BCUT2D eigenvalue weighted by molar-refractivity contribution is -0.384. The highest BCUT2D eigenvalue weighted by Crippen LogP contribution is 2.19. The van der Waals surface area contributed by atoms with E-state index in [2.05, 4.69) is 10.0 Å². The van der Waals surface area contributed by atoms with E-state index < -0.39 is 26.7 Å². The van der Waals surface area contributed by atoms with Crippen molar-refractivity contribution in [3.8, 4) is 0 Å². The van der Waals surface area contributed by atoms with Crippen molar-refractivity contribution in [2.75, 3.05) is 11.0 Å². The monoisotopic (exact) mass is 367 g/mol. The van der Waals surface area contributed by atoms with Crippen molar-refractivity contribution in [3.63, 3.8) is 0 Å². The minimum Gasteiger partial charge on any atom is -0.348 e. The van der Waals surface area contributed by atoms with Crippen LogP contribution in [0.1, 0.15) is 15.9 Å². The maximum atomic E-state index is 13.4. The summed E-state index contributed by atoms with van der Waals surface area (Å²) in [5.41, 5.74) is 0.0739. The zero-order valence-electron chi connectivity index (χ0n) is 13.0. The van der Waals surface area contributed by atoms with Gasteiger partial charge in [0.05, 0.1) is 22.4 Å². The topological polar surface area (TPSA) is 118 Å². The van der Waals surface area contributed by atoms with E-state index >= 15 is 0 Å². The van der Waals surface area contributed by atoms with Gasteiger partial charge in [-0.05, 0) is 23.8 Å². The average molecular weight is 367 g/mol. The first-order chi connectivity index (χ1) is 11.7. The van der Waals surface area contributed by atoms with Crippen LogP contribution in [0, 0.1) is 15.9 Å². The van der Waals surface area contributed by atoms with Crippen LogP contribution in [0.4, 0.5) is 15.8 Å². The Morgan fingerprint density at radius 3 is 2.60 bits per heavy atom. The molecule has 0 aliphatic heterocycles. The molecule has 0 atom stereocenters. The van der Waals surface area contributed by atoms with Crippen molar-refractivity contribution < 1.29 is 22.5 Å². The number of amides is 1. The van der Waals surface area contributed by atoms with Gasteiger partial charge in [0.25, 0.3) is 11.6 Å². The van der Waals surface area contributed by atoms with Crippen LogP contribution in [0.25, 0.3) is 0 Å². The Hall–Kier alpha value is -3.01. The Balaban J connectivity index is 2.19. The Labute approximate surface area is 142 Å². The van der Waals surface area contributed by atoms with Gasteiger partial charge in [0.1, 0.15) is 5.82 Å². The third-order valence-electron chi connectivity index (χ3n) is 3.10. The SMILES string of the molecule is CS(=O)(=O)Nc1ccc(F)cc1C(=O)NCc1cccc([N+](=O)[O-])c1. The predicted molar refractivity (Wildman–Crippen MR) is 89.1 cm³/mol. The number of benzene rings is 2. The van der Waals surface area contributed by atoms with Gasteiger partial charge in [-0.15, -0.1) is 0 Å². The van der Waals surface area contributed by atoms with Gasteiger partial charge in [-0.25, -0.2) is 12.8 Å². The van der Waals surface area contributed by atoms with Crippen molar-refractivity contribution >= 4 is 27.3 Å². The van der Waals surface area contributed by atoms with E-state index in [4.69, 9.17) is 0 Å². The largest absolute Gasteiger partial charge is 0.348 e. The quantitative estimate of drug-likeness (QED) is 0.598. The van der Waals surface area contributed by atoms with Gasteiger partial charge in [-0.3, -0.25) is 19.6 Å². The van der Waals surface area contributed by atoms with Crippen LogP contribution in [-0.4, -0.2) is 25.5 Å². The second kappa shape index (κ2) is 7.26. The highest BCUT2D eigenvalue weighted by Gasteiger charge is 2.15. The molecule has 25 heavy (non-hydrogen) atoms. The molecule has 2 aromatic rings. The molecule has 0 aromatic heterocycles. The molecule has 0 fully saturated rings. The minimum absolute atomic E-state index is 0.0463. The third kappa shape index (κ3) is 5.24. The molecule has 0 radical (unpaired) electrons. The number of nitrogens with zero attached hydrogens (tertiary/aromatic N) is 1. The molecule has 132 valence electrons. The van der Waals surface area contributed by atoms with Crippen molar-refractivity contribution in [2.24, 2.45) is 0 Å². The molecule has 0 spiro atoms. The molecule has 0 bridgehead atoms. The molecule has 0 saturated heterocycles. The number of rotatable bonds is 6. The first-order valence-corrected chi connectivity index (χ1v) is 8.84. The molecular weight excluding hydrogens is 353 g/mol. The smallest absolute Gasteiger partial charge is 0.269 e. The lowest BCUT2D eigenvalue weighted by Crippen LogP contribution is -2.25. The van der Waals surface area contributed by atoms with Gasteiger partial charge in [-0.1, -0.05) is 12.1 Å². The van der Waals surface area contributed by atoms with Gasteiger partial charge in [0.15, 0.2) is 0 Å². The number of nitro benzene ring substituents is 1. The zero-order valence-corrected chi connectivity index (χ0v) is 13.8. The predicted octanol–water partition coefficient (Wildman–Crippen LogP) is 2.04. The number of nitrogens with one attached hydrogen (secondary N) is 2. The van der Waals surface area contributed by atoms with E-state index in [9.17, 15) is 27.7 Å². The normalized spacial score (nSPS) is 11.0. The second-order valence-corrected chi connectivity index (χ2v) is 6.92. The summed E-state index contributed by atoms with van der Waals surface area (Å²) in [6, 6.07) is 8.71. The lowest BCUT2D eigenvalue weighted by atomic mass is 10.1. The number of nitro groups is 1. The number of carbonyl (C=O) groups is 1. The molecular formula is C15H14FN3O5S. The number of hydrogen-bond donors (Lipinski definition) is 2. The van der Waals surface area contributed by atoms with Gasteiger partial charge in [-0.2, -0.15) is 0 Å². The highest BCUT2D eigenvalue weighted by atomic mass is 32.2. The summed E-state index contributed by atoms with van der Waals surface area (Å²) in [6.45, 7) is -0.0463. The number of anilines is 1. The van der Waals surface area contributed by atoms with Crippen LogP contribution in [0.5, 0.6) is 0 Å². The average Bonchev–Trinajstić information content (AvgIpc) is 2.53. The molecule has 0 aliphatic rings. The summed E-state index contributed by atoms with van der Waals surface area (Å²) >= 11 is 0. The number of carbonyl (C=O) groups excluding carboxylic acids is 1. The van der Waals surface area contributed by atoms with Crippen LogP contribution in [0.2, 0.25) is 0 Å². The molecule has 0 unspecified atom stereocenters. The number of hydrogen-bond acceptors (Lipinski definition) is 5. The van der Waals surface area contributed by atoms with E-state index in [1.165, 1.54) is 18.2 Å². The molecule has 2 rings (SSSR count). The van der Waals surface area contributed by atoms with Gasteiger partial charge >= 0.3 is 0 Å². The van der Waals surface area contributed by atoms with Gasteiger partial charge < -0.3 is 5.32 Å². The number of halogens is 1. The molecule has 10 heteroatoms. The minimum atomic E-state index is -3.66. The Morgan fingerprint density at radius 1 is 1.24 bits per heavy atom. The fourth-order valence-corrected chi connectivity index (χ4v) is 2.63. The summed E-state index contributed by atoms with van der Waals surface area (Å²) in [7, 11) is -3.66. The maximum Gasteiger partial charge on any atom is 0.269 e. The Bertz CT molecular complexity index is 931. The van der Waals surface area contributed by atoms with E-state index in [1.54, 1.807) is 6.07 Å². The second-order valence-electron chi connectivity index (χ2n) is 5.17. The summed E-state index contributed by atoms with van der Waals surface area (Å²) in [4.78, 5) is 22.4. The third-order valence-corrected chi connectivity index (χ3v) is 3.69. The molecule has 0 aliphatic carbocycles. The Morgan fingerprint density at radius 2 is 1.96 bits per heavy atom. The summed E-state index contributed by atoms with van der Waals surface area (Å²) < 4.78 is 38.2. The number of sulfonamides is 1. The lowest BCUT2D eigenvalue weighted by Gasteiger charge is -2.11. The first kappa shape index (κ1) is 18.3. The molecule has 2 aromatic carbocycles. The van der Waals surface area contributed by atoms with E-state index in [-0.39, 0.29) is 23.5 Å². The fraction of sp³-hybridized carbons (Fsp3) is 0.133. The van der Waals surface area contributed by atoms with Crippen LogP contribution in [0.15, 0.2) is 42.5 Å². The fourth-order valence-electron chi connectivity index (χ4n) is 2.05. The molecule has 0 heterocycles. The van der Waals surface area contributed by atoms with E-state index in [0.717, 1.165) is 24.5 Å². The Kier molecular flexibility index (Phi) is 5.32. The first-order valence-electron chi connectivity index (χ1n) is 6.94. The molecule has 2 N–H and O–H groups in total. The molecule has 1 amide bonds. The van der Waals surface area contributed by atoms with Crippen LogP contribution >= 0.6 is 0 Å². The van der Waals surface area contributed by atoms with Crippen LogP contribution in [-0.2, 0) is 16.6 Å². The van der Waals surface area contributed by atoms with E-state index in [1.807, 2.05) is 0 Å². The van der Waals surface area contributed by atoms with Crippen LogP contribution in [0.3, 0.4) is 0 Å². The summed E-state index contributed by atoms with van der Waals surface area (Å²) in [5, 5.41) is 13.2. The number of non-ortho nitro benzene ring substituents is 1. The van der Waals surface area contributed by atoms with E-state index in [0.29, 0.717) is 5.56 Å². The van der Waals surface area contributed by atoms with Crippen LogP contribution < -0.4 is 10.0 Å². The maximum absolute atomic E-state index is 13.4. The van der Waals surface area contributed by atoms with Gasteiger partial charge in [0.2, 0.25) is 10.0 Å². The molecule has 0 saturated carbocycles. The highest BCUT2D eigenvalue weighted by molar-refractivity contribution is 7.92. The summed E-state index contributed by atoms with van der Waals surface area (Å²) in [5.74, 6) is -1.43. The summed E-state index contributed by atoms with van der Waals surface area (Å²) in [6.07, 6.45) is 0.904. The standard InChI is InChI=1S/C15H14FN3O5S/c1-25(23,24)18-14-6-5-11(16)8-13(14)15(20)17-9-10-3-2-4-12(7-10)19(21)22/h2-8,18H,9H2,1H3,(H,17,20). The molecule has 8 nitrogen and oxygen atoms in total. The van der Waals surface area contributed by atoms with Crippen molar-refractivity contribution in [1.82, 2.24) is 5.32 Å².